The first-order chi connectivity index (χ1) is 16.9. The molecule has 35 heavy (non-hydrogen) atoms. The highest BCUT2D eigenvalue weighted by molar-refractivity contribution is 6.31. The number of imidazole rings is 1. The van der Waals surface area contributed by atoms with E-state index in [2.05, 4.69) is 20.6 Å². The summed E-state index contributed by atoms with van der Waals surface area (Å²) in [6, 6.07) is 2.06. The van der Waals surface area contributed by atoms with Gasteiger partial charge in [0.25, 0.3) is 0 Å². The fourth-order valence-electron chi connectivity index (χ4n) is 4.78. The molecule has 0 spiro atoms. The Morgan fingerprint density at radius 2 is 1.83 bits per heavy atom. The average molecular weight is 506 g/mol. The third-order valence-electron chi connectivity index (χ3n) is 6.71. The molecule has 0 bridgehead atoms. The number of carbonyl (C=O) groups excluding carboxylic acids is 1. The lowest BCUT2D eigenvalue weighted by Crippen LogP contribution is -2.29. The molecule has 3 heterocycles. The van der Waals surface area contributed by atoms with Crippen LogP contribution in [0.1, 0.15) is 44.6 Å². The third-order valence-corrected chi connectivity index (χ3v) is 7.00. The molecule has 0 unspecified atom stereocenters. The van der Waals surface area contributed by atoms with E-state index in [0.717, 1.165) is 18.9 Å². The maximum Gasteiger partial charge on any atom is 0.224 e. The van der Waals surface area contributed by atoms with E-state index in [-0.39, 0.29) is 34.6 Å². The van der Waals surface area contributed by atoms with Crippen LogP contribution in [0.4, 0.5) is 26.4 Å². The van der Waals surface area contributed by atoms with Crippen LogP contribution in [0, 0.1) is 17.6 Å². The van der Waals surface area contributed by atoms with E-state index in [1.807, 2.05) is 4.57 Å². The predicted molar refractivity (Wildman–Crippen MR) is 128 cm³/mol. The minimum atomic E-state index is -0.845. The number of rotatable bonds is 6. The fourth-order valence-corrected chi connectivity index (χ4v) is 4.94. The summed E-state index contributed by atoms with van der Waals surface area (Å²) in [6.45, 7) is 1.36. The number of fused-ring (bicyclic) bond motifs is 1. The Bertz CT molecular complexity index is 1240. The number of benzene rings is 1. The van der Waals surface area contributed by atoms with Gasteiger partial charge in [-0.25, -0.2) is 18.7 Å². The van der Waals surface area contributed by atoms with E-state index >= 15 is 0 Å². The van der Waals surface area contributed by atoms with Crippen LogP contribution in [-0.2, 0) is 9.53 Å². The molecule has 5 rings (SSSR count). The number of amides is 1. The fraction of sp³-hybridized carbons (Fsp3) is 0.478. The molecule has 0 radical (unpaired) electrons. The summed E-state index contributed by atoms with van der Waals surface area (Å²) in [5.74, 6) is -1.31. The van der Waals surface area contributed by atoms with Crippen LogP contribution >= 0.6 is 11.6 Å². The van der Waals surface area contributed by atoms with Crippen molar-refractivity contribution in [3.63, 3.8) is 0 Å². The van der Waals surface area contributed by atoms with Gasteiger partial charge in [0.2, 0.25) is 17.8 Å². The molecule has 3 aromatic rings. The lowest BCUT2D eigenvalue weighted by atomic mass is 9.85. The number of nitrogens with two attached hydrogens (primary N) is 1. The normalized spacial score (nSPS) is 21.2. The van der Waals surface area contributed by atoms with Gasteiger partial charge >= 0.3 is 0 Å². The number of nitrogens with one attached hydrogen (secondary N) is 2. The van der Waals surface area contributed by atoms with Crippen LogP contribution in [-0.4, -0.2) is 44.7 Å². The number of anilines is 3. The molecule has 1 amide bonds. The second kappa shape index (κ2) is 9.90. The summed E-state index contributed by atoms with van der Waals surface area (Å²) in [6.07, 6.45) is 5.95. The smallest absolute Gasteiger partial charge is 0.224 e. The number of halogens is 3. The molecule has 1 saturated carbocycles. The van der Waals surface area contributed by atoms with E-state index in [9.17, 15) is 13.6 Å². The zero-order valence-electron chi connectivity index (χ0n) is 18.9. The summed E-state index contributed by atoms with van der Waals surface area (Å²) in [7, 11) is 0. The summed E-state index contributed by atoms with van der Waals surface area (Å²) >= 11 is 5.89. The first-order valence-electron chi connectivity index (χ1n) is 11.7. The largest absolute Gasteiger partial charge is 0.381 e. The van der Waals surface area contributed by atoms with E-state index in [0.29, 0.717) is 62.0 Å². The van der Waals surface area contributed by atoms with Gasteiger partial charge in [-0.1, -0.05) is 11.6 Å². The van der Waals surface area contributed by atoms with Crippen molar-refractivity contribution in [2.45, 2.75) is 50.6 Å². The lowest BCUT2D eigenvalue weighted by Gasteiger charge is -2.29. The van der Waals surface area contributed by atoms with Gasteiger partial charge < -0.3 is 21.1 Å². The Hall–Kier alpha value is -3.05. The number of primary amides is 1. The quantitative estimate of drug-likeness (QED) is 0.427. The molecule has 9 nitrogen and oxygen atoms in total. The Balaban J connectivity index is 1.51. The van der Waals surface area contributed by atoms with Crippen molar-refractivity contribution < 1.29 is 18.3 Å². The molecule has 1 aliphatic heterocycles. The molecule has 2 aliphatic rings. The molecule has 12 heteroatoms. The number of hydrogen-bond acceptors (Lipinski definition) is 7. The molecule has 186 valence electrons. The van der Waals surface area contributed by atoms with Crippen molar-refractivity contribution in [1.82, 2.24) is 19.5 Å². The van der Waals surface area contributed by atoms with Crippen LogP contribution in [0.2, 0.25) is 5.02 Å². The van der Waals surface area contributed by atoms with E-state index in [1.54, 1.807) is 6.20 Å². The first-order valence-corrected chi connectivity index (χ1v) is 12.1. The third kappa shape index (κ3) is 5.01. The number of aromatic nitrogens is 4. The first kappa shape index (κ1) is 23.7. The average Bonchev–Trinajstić information content (AvgIpc) is 3.20. The standard InChI is InChI=1S/C23H26ClF2N7O2/c24-15-9-18(17(26)10-16(15)25)30-23-31-19-11-28-22(29-13-5-7-35-8-6-13)32-21(19)33(23)14-3-1-12(2-4-14)20(27)34/h9-14H,1-8H2,(H2,27,34)(H,30,31)(H,28,29,32). The number of carbonyl (C=O) groups is 1. The minimum absolute atomic E-state index is 0.00714. The van der Waals surface area contributed by atoms with Crippen molar-refractivity contribution in [3.05, 3.63) is 35.0 Å². The monoisotopic (exact) mass is 505 g/mol. The molecular formula is C23H26ClF2N7O2. The summed E-state index contributed by atoms with van der Waals surface area (Å²) in [4.78, 5) is 25.4. The maximum atomic E-state index is 14.5. The molecule has 2 aromatic heterocycles. The zero-order chi connectivity index (χ0) is 24.5. The van der Waals surface area contributed by atoms with Crippen molar-refractivity contribution in [3.8, 4) is 0 Å². The van der Waals surface area contributed by atoms with E-state index in [4.69, 9.17) is 27.1 Å². The Kier molecular flexibility index (Phi) is 6.70. The van der Waals surface area contributed by atoms with Gasteiger partial charge in [-0.2, -0.15) is 4.98 Å². The summed E-state index contributed by atoms with van der Waals surface area (Å²) in [5.41, 5.74) is 6.61. The van der Waals surface area contributed by atoms with Crippen molar-refractivity contribution in [2.75, 3.05) is 23.8 Å². The highest BCUT2D eigenvalue weighted by Crippen LogP contribution is 2.37. The van der Waals surface area contributed by atoms with Crippen LogP contribution < -0.4 is 16.4 Å². The molecule has 1 aromatic carbocycles. The van der Waals surface area contributed by atoms with Gasteiger partial charge in [-0.05, 0) is 44.6 Å². The SMILES string of the molecule is NC(=O)C1CCC(n2c(Nc3cc(Cl)c(F)cc3F)nc3cnc(NC4CCOCC4)nc32)CC1. The predicted octanol–water partition coefficient (Wildman–Crippen LogP) is 4.31. The van der Waals surface area contributed by atoms with Crippen LogP contribution in [0.5, 0.6) is 0 Å². The van der Waals surface area contributed by atoms with Crippen molar-refractivity contribution in [2.24, 2.45) is 11.7 Å². The van der Waals surface area contributed by atoms with Crippen molar-refractivity contribution in [1.29, 1.82) is 0 Å². The van der Waals surface area contributed by atoms with Crippen molar-refractivity contribution >= 4 is 46.3 Å². The highest BCUT2D eigenvalue weighted by Gasteiger charge is 2.29. The second-order valence-electron chi connectivity index (χ2n) is 9.02. The number of nitrogens with zero attached hydrogens (tertiary/aromatic N) is 4. The molecule has 4 N–H and O–H groups in total. The van der Waals surface area contributed by atoms with Gasteiger partial charge in [-0.3, -0.25) is 9.36 Å². The number of hydrogen-bond donors (Lipinski definition) is 3. The summed E-state index contributed by atoms with van der Waals surface area (Å²) in [5, 5.41) is 6.12. The molecular weight excluding hydrogens is 480 g/mol. The highest BCUT2D eigenvalue weighted by atomic mass is 35.5. The van der Waals surface area contributed by atoms with Gasteiger partial charge in [-0.15, -0.1) is 0 Å². The van der Waals surface area contributed by atoms with Gasteiger partial charge in [0.1, 0.15) is 17.2 Å². The molecule has 1 saturated heterocycles. The van der Waals surface area contributed by atoms with Crippen LogP contribution in [0.3, 0.4) is 0 Å². The molecule has 1 aliphatic carbocycles. The summed E-state index contributed by atoms with van der Waals surface area (Å²) < 4.78 is 35.5. The van der Waals surface area contributed by atoms with Crippen LogP contribution in [0.25, 0.3) is 11.2 Å². The Morgan fingerprint density at radius 1 is 1.09 bits per heavy atom. The minimum Gasteiger partial charge on any atom is -0.381 e. The van der Waals surface area contributed by atoms with E-state index in [1.165, 1.54) is 6.07 Å². The Morgan fingerprint density at radius 3 is 2.54 bits per heavy atom. The molecule has 2 fully saturated rings. The van der Waals surface area contributed by atoms with Gasteiger partial charge in [0, 0.05) is 37.3 Å². The number of ether oxygens (including phenoxy) is 1. The van der Waals surface area contributed by atoms with Gasteiger partial charge in [0.05, 0.1) is 16.9 Å². The van der Waals surface area contributed by atoms with Gasteiger partial charge in [0.15, 0.2) is 5.65 Å². The topological polar surface area (TPSA) is 120 Å². The zero-order valence-corrected chi connectivity index (χ0v) is 19.7. The maximum absolute atomic E-state index is 14.5. The lowest BCUT2D eigenvalue weighted by molar-refractivity contribution is -0.122. The Labute approximate surface area is 205 Å². The molecule has 0 atom stereocenters. The second-order valence-corrected chi connectivity index (χ2v) is 9.43. The van der Waals surface area contributed by atoms with E-state index < -0.39 is 11.6 Å². The van der Waals surface area contributed by atoms with Crippen LogP contribution in [0.15, 0.2) is 18.3 Å².